The molecular weight excluding hydrogens is 294 g/mol. The van der Waals surface area contributed by atoms with E-state index >= 15 is 0 Å². The lowest BCUT2D eigenvalue weighted by Crippen LogP contribution is -2.38. The fourth-order valence-electron chi connectivity index (χ4n) is 2.42. The summed E-state index contributed by atoms with van der Waals surface area (Å²) in [5.74, 6) is -0.719. The number of anilines is 1. The third kappa shape index (κ3) is 4.33. The van der Waals surface area contributed by atoms with Crippen molar-refractivity contribution in [3.05, 3.63) is 41.6 Å². The maximum atomic E-state index is 12.3. The SMILES string of the molecule is CC1CCN(C(=O)/C(C#N)=C\Nc2cccc(C(=O)O)c2)CC1. The number of aromatic carboxylic acids is 1. The maximum absolute atomic E-state index is 12.3. The Morgan fingerprint density at radius 1 is 1.39 bits per heavy atom. The average molecular weight is 313 g/mol. The number of nitriles is 1. The van der Waals surface area contributed by atoms with E-state index in [1.54, 1.807) is 17.0 Å². The van der Waals surface area contributed by atoms with Crippen LogP contribution in [0, 0.1) is 17.2 Å². The Labute approximate surface area is 135 Å². The van der Waals surface area contributed by atoms with Gasteiger partial charge in [0.15, 0.2) is 0 Å². The molecular formula is C17H19N3O3. The first-order chi connectivity index (χ1) is 11.0. The molecule has 0 bridgehead atoms. The number of carboxylic acid groups (broad SMARTS) is 1. The summed E-state index contributed by atoms with van der Waals surface area (Å²) in [6.45, 7) is 3.47. The Morgan fingerprint density at radius 2 is 2.09 bits per heavy atom. The van der Waals surface area contributed by atoms with Gasteiger partial charge in [0.05, 0.1) is 5.56 Å². The number of hydrogen-bond acceptors (Lipinski definition) is 4. The second-order valence-electron chi connectivity index (χ2n) is 5.67. The molecule has 0 saturated carbocycles. The lowest BCUT2D eigenvalue weighted by molar-refractivity contribution is -0.128. The summed E-state index contributed by atoms with van der Waals surface area (Å²) in [7, 11) is 0. The fourth-order valence-corrected chi connectivity index (χ4v) is 2.42. The topological polar surface area (TPSA) is 93.4 Å². The molecule has 1 fully saturated rings. The van der Waals surface area contributed by atoms with Gasteiger partial charge in [-0.3, -0.25) is 4.79 Å². The normalized spacial score (nSPS) is 15.8. The lowest BCUT2D eigenvalue weighted by Gasteiger charge is -2.30. The summed E-state index contributed by atoms with van der Waals surface area (Å²) in [4.78, 5) is 25.0. The van der Waals surface area contributed by atoms with E-state index in [0.29, 0.717) is 24.7 Å². The fraction of sp³-hybridized carbons (Fsp3) is 0.353. The van der Waals surface area contributed by atoms with Gasteiger partial charge in [-0.1, -0.05) is 13.0 Å². The first kappa shape index (κ1) is 16.6. The van der Waals surface area contributed by atoms with Gasteiger partial charge < -0.3 is 15.3 Å². The summed E-state index contributed by atoms with van der Waals surface area (Å²) in [6.07, 6.45) is 3.22. The van der Waals surface area contributed by atoms with Crippen LogP contribution in [0.4, 0.5) is 5.69 Å². The van der Waals surface area contributed by atoms with Crippen LogP contribution in [0.3, 0.4) is 0 Å². The Balaban J connectivity index is 2.07. The molecule has 1 aromatic carbocycles. The summed E-state index contributed by atoms with van der Waals surface area (Å²) in [6, 6.07) is 8.10. The summed E-state index contributed by atoms with van der Waals surface area (Å²) >= 11 is 0. The number of carboxylic acids is 1. The van der Waals surface area contributed by atoms with Crippen molar-refractivity contribution in [1.29, 1.82) is 5.26 Å². The number of carbonyl (C=O) groups excluding carboxylic acids is 1. The molecule has 23 heavy (non-hydrogen) atoms. The molecule has 0 atom stereocenters. The molecule has 2 rings (SSSR count). The third-order valence-corrected chi connectivity index (χ3v) is 3.91. The van der Waals surface area contributed by atoms with Crippen molar-refractivity contribution >= 4 is 17.6 Å². The van der Waals surface area contributed by atoms with E-state index < -0.39 is 5.97 Å². The minimum atomic E-state index is -1.03. The molecule has 1 amide bonds. The predicted molar refractivity (Wildman–Crippen MR) is 85.7 cm³/mol. The number of likely N-dealkylation sites (tertiary alicyclic amines) is 1. The standard InChI is InChI=1S/C17H19N3O3/c1-12-5-7-20(8-6-12)16(21)14(10-18)11-19-15-4-2-3-13(9-15)17(22)23/h2-4,9,11-12,19H,5-8H2,1H3,(H,22,23)/b14-11-. The monoisotopic (exact) mass is 313 g/mol. The van der Waals surface area contributed by atoms with Gasteiger partial charge in [-0.25, -0.2) is 4.79 Å². The molecule has 0 aromatic heterocycles. The van der Waals surface area contributed by atoms with Crippen LogP contribution in [0.25, 0.3) is 0 Å². The van der Waals surface area contributed by atoms with E-state index in [4.69, 9.17) is 5.11 Å². The van der Waals surface area contributed by atoms with Crippen molar-refractivity contribution < 1.29 is 14.7 Å². The Kier molecular flexibility index (Phi) is 5.36. The quantitative estimate of drug-likeness (QED) is 0.658. The van der Waals surface area contributed by atoms with Crippen molar-refractivity contribution in [3.8, 4) is 6.07 Å². The highest BCUT2D eigenvalue weighted by molar-refractivity contribution is 5.97. The van der Waals surface area contributed by atoms with Gasteiger partial charge in [-0.2, -0.15) is 5.26 Å². The maximum Gasteiger partial charge on any atom is 0.335 e. The smallest absolute Gasteiger partial charge is 0.335 e. The first-order valence-corrected chi connectivity index (χ1v) is 7.50. The summed E-state index contributed by atoms with van der Waals surface area (Å²) in [5.41, 5.74) is 0.663. The molecule has 6 heteroatoms. The molecule has 0 unspecified atom stereocenters. The van der Waals surface area contributed by atoms with Crippen LogP contribution in [0.5, 0.6) is 0 Å². The van der Waals surface area contributed by atoms with Crippen LogP contribution in [-0.4, -0.2) is 35.0 Å². The zero-order valence-electron chi connectivity index (χ0n) is 13.0. The van der Waals surface area contributed by atoms with E-state index in [1.165, 1.54) is 18.3 Å². The van der Waals surface area contributed by atoms with Crippen molar-refractivity contribution in [2.75, 3.05) is 18.4 Å². The third-order valence-electron chi connectivity index (χ3n) is 3.91. The number of rotatable bonds is 4. The molecule has 2 N–H and O–H groups in total. The van der Waals surface area contributed by atoms with Gasteiger partial charge in [0.2, 0.25) is 0 Å². The molecule has 1 heterocycles. The van der Waals surface area contributed by atoms with Crippen LogP contribution in [0.2, 0.25) is 0 Å². The first-order valence-electron chi connectivity index (χ1n) is 7.50. The highest BCUT2D eigenvalue weighted by Gasteiger charge is 2.22. The van der Waals surface area contributed by atoms with Crippen molar-refractivity contribution in [1.82, 2.24) is 4.90 Å². The van der Waals surface area contributed by atoms with Gasteiger partial charge >= 0.3 is 5.97 Å². The lowest BCUT2D eigenvalue weighted by atomic mass is 9.99. The van der Waals surface area contributed by atoms with E-state index in [-0.39, 0.29) is 17.0 Å². The highest BCUT2D eigenvalue weighted by atomic mass is 16.4. The Hall–Kier alpha value is -2.81. The number of amides is 1. The largest absolute Gasteiger partial charge is 0.478 e. The minimum Gasteiger partial charge on any atom is -0.478 e. The molecule has 1 aromatic rings. The van der Waals surface area contributed by atoms with Crippen molar-refractivity contribution in [3.63, 3.8) is 0 Å². The number of nitrogens with zero attached hydrogens (tertiary/aromatic N) is 2. The molecule has 0 aliphatic carbocycles. The van der Waals surface area contributed by atoms with Gasteiger partial charge in [0.1, 0.15) is 11.6 Å². The molecule has 1 aliphatic rings. The molecule has 1 saturated heterocycles. The van der Waals surface area contributed by atoms with Gasteiger partial charge in [-0.15, -0.1) is 0 Å². The van der Waals surface area contributed by atoms with Crippen LogP contribution in [0.15, 0.2) is 36.0 Å². The number of carbonyl (C=O) groups is 2. The van der Waals surface area contributed by atoms with Crippen LogP contribution in [-0.2, 0) is 4.79 Å². The van der Waals surface area contributed by atoms with Gasteiger partial charge in [-0.05, 0) is 37.0 Å². The van der Waals surface area contributed by atoms with Gasteiger partial charge in [0, 0.05) is 25.0 Å². The summed E-state index contributed by atoms with van der Waals surface area (Å²) < 4.78 is 0. The molecule has 0 radical (unpaired) electrons. The highest BCUT2D eigenvalue weighted by Crippen LogP contribution is 2.18. The predicted octanol–water partition coefficient (Wildman–Crippen LogP) is 2.46. The number of nitrogens with one attached hydrogen (secondary N) is 1. The molecule has 0 spiro atoms. The average Bonchev–Trinajstić information content (AvgIpc) is 2.56. The molecule has 1 aliphatic heterocycles. The van der Waals surface area contributed by atoms with Crippen LogP contribution >= 0.6 is 0 Å². The number of piperidine rings is 1. The second-order valence-corrected chi connectivity index (χ2v) is 5.67. The van der Waals surface area contributed by atoms with Gasteiger partial charge in [0.25, 0.3) is 5.91 Å². The van der Waals surface area contributed by atoms with Crippen molar-refractivity contribution in [2.24, 2.45) is 5.92 Å². The number of benzene rings is 1. The molecule has 6 nitrogen and oxygen atoms in total. The number of hydrogen-bond donors (Lipinski definition) is 2. The Morgan fingerprint density at radius 3 is 2.70 bits per heavy atom. The van der Waals surface area contributed by atoms with E-state index in [2.05, 4.69) is 12.2 Å². The minimum absolute atomic E-state index is 0.0141. The van der Waals surface area contributed by atoms with E-state index in [0.717, 1.165) is 12.8 Å². The van der Waals surface area contributed by atoms with Crippen molar-refractivity contribution in [2.45, 2.75) is 19.8 Å². The van der Waals surface area contributed by atoms with Crippen LogP contribution < -0.4 is 5.32 Å². The van der Waals surface area contributed by atoms with Crippen LogP contribution in [0.1, 0.15) is 30.1 Å². The Bertz CT molecular complexity index is 668. The second kappa shape index (κ2) is 7.45. The van der Waals surface area contributed by atoms with E-state index in [1.807, 2.05) is 6.07 Å². The summed E-state index contributed by atoms with van der Waals surface area (Å²) in [5, 5.41) is 21.0. The zero-order valence-corrected chi connectivity index (χ0v) is 13.0. The molecule has 120 valence electrons. The van der Waals surface area contributed by atoms with E-state index in [9.17, 15) is 14.9 Å². The zero-order chi connectivity index (χ0) is 16.8.